The topological polar surface area (TPSA) is 92.2 Å². The fourth-order valence-corrected chi connectivity index (χ4v) is 4.74. The molecular formula is C24H21N3O6. The van der Waals surface area contributed by atoms with Gasteiger partial charge in [-0.25, -0.2) is 0 Å². The molecule has 1 amide bonds. The summed E-state index contributed by atoms with van der Waals surface area (Å²) >= 11 is 0. The van der Waals surface area contributed by atoms with E-state index in [1.807, 2.05) is 36.4 Å². The van der Waals surface area contributed by atoms with Crippen molar-refractivity contribution in [2.24, 2.45) is 0 Å². The smallest absolute Gasteiger partial charge is 0.246 e. The van der Waals surface area contributed by atoms with Crippen LogP contribution >= 0.6 is 0 Å². The SMILES string of the molecule is COc1cc(OC)nc(CN2C(=O)C3(COc4cc5c(cc43)OCCO5)c3ccccc32)n1. The molecule has 1 atom stereocenters. The molecule has 3 aliphatic rings. The molecule has 2 aromatic carbocycles. The van der Waals surface area contributed by atoms with Crippen LogP contribution in [-0.4, -0.2) is 49.9 Å². The number of para-hydroxylation sites is 1. The number of methoxy groups -OCH3 is 2. The van der Waals surface area contributed by atoms with Crippen LogP contribution in [0.1, 0.15) is 17.0 Å². The number of ether oxygens (including phenoxy) is 5. The maximum Gasteiger partial charge on any atom is 0.246 e. The second-order valence-corrected chi connectivity index (χ2v) is 7.96. The van der Waals surface area contributed by atoms with Crippen molar-refractivity contribution >= 4 is 11.6 Å². The third kappa shape index (κ3) is 2.81. The van der Waals surface area contributed by atoms with Crippen molar-refractivity contribution in [2.75, 3.05) is 38.9 Å². The Morgan fingerprint density at radius 2 is 1.61 bits per heavy atom. The van der Waals surface area contributed by atoms with Gasteiger partial charge in [0.15, 0.2) is 17.3 Å². The highest BCUT2D eigenvalue weighted by Gasteiger charge is 2.57. The van der Waals surface area contributed by atoms with Gasteiger partial charge in [-0.15, -0.1) is 0 Å². The zero-order valence-electron chi connectivity index (χ0n) is 18.2. The predicted molar refractivity (Wildman–Crippen MR) is 116 cm³/mol. The van der Waals surface area contributed by atoms with E-state index in [1.54, 1.807) is 11.0 Å². The molecule has 0 bridgehead atoms. The number of benzene rings is 2. The molecule has 1 spiro atoms. The maximum absolute atomic E-state index is 14.1. The first kappa shape index (κ1) is 19.7. The van der Waals surface area contributed by atoms with Crippen molar-refractivity contribution in [2.45, 2.75) is 12.0 Å². The van der Waals surface area contributed by atoms with Gasteiger partial charge in [-0.2, -0.15) is 9.97 Å². The van der Waals surface area contributed by atoms with Crippen LogP contribution < -0.4 is 28.6 Å². The molecule has 6 rings (SSSR count). The zero-order chi connectivity index (χ0) is 22.6. The fraction of sp³-hybridized carbons (Fsp3) is 0.292. The van der Waals surface area contributed by atoms with E-state index in [2.05, 4.69) is 9.97 Å². The molecule has 1 unspecified atom stereocenters. The maximum atomic E-state index is 14.1. The monoisotopic (exact) mass is 447 g/mol. The van der Waals surface area contributed by atoms with Gasteiger partial charge in [0.05, 0.1) is 26.8 Å². The number of rotatable bonds is 4. The van der Waals surface area contributed by atoms with Crippen LogP contribution in [-0.2, 0) is 16.8 Å². The average Bonchev–Trinajstić information content (AvgIpc) is 3.34. The Kier molecular flexibility index (Phi) is 4.33. The summed E-state index contributed by atoms with van der Waals surface area (Å²) in [6.45, 7) is 1.30. The Balaban J connectivity index is 1.46. The van der Waals surface area contributed by atoms with Crippen LogP contribution in [0.25, 0.3) is 0 Å². The quantitative estimate of drug-likeness (QED) is 0.603. The summed E-state index contributed by atoms with van der Waals surface area (Å²) < 4.78 is 28.1. The lowest BCUT2D eigenvalue weighted by Gasteiger charge is -2.24. The highest BCUT2D eigenvalue weighted by atomic mass is 16.6. The summed E-state index contributed by atoms with van der Waals surface area (Å²) in [7, 11) is 3.05. The summed E-state index contributed by atoms with van der Waals surface area (Å²) in [5.74, 6) is 2.91. The Morgan fingerprint density at radius 3 is 2.33 bits per heavy atom. The minimum Gasteiger partial charge on any atom is -0.491 e. The van der Waals surface area contributed by atoms with E-state index in [-0.39, 0.29) is 19.1 Å². The highest BCUT2D eigenvalue weighted by Crippen LogP contribution is 2.54. The van der Waals surface area contributed by atoms with Crippen LogP contribution in [0, 0.1) is 0 Å². The van der Waals surface area contributed by atoms with Crippen molar-refractivity contribution in [1.82, 2.24) is 9.97 Å². The van der Waals surface area contributed by atoms with E-state index in [9.17, 15) is 4.79 Å². The summed E-state index contributed by atoms with van der Waals surface area (Å²) in [5.41, 5.74) is 1.46. The Bertz CT molecular complexity index is 1260. The van der Waals surface area contributed by atoms with Gasteiger partial charge in [-0.05, 0) is 17.7 Å². The summed E-state index contributed by atoms with van der Waals surface area (Å²) in [4.78, 5) is 24.6. The molecule has 4 heterocycles. The van der Waals surface area contributed by atoms with Crippen LogP contribution in [0.2, 0.25) is 0 Å². The summed E-state index contributed by atoms with van der Waals surface area (Å²) in [5, 5.41) is 0. The standard InChI is InChI=1S/C24H21N3O6/c1-29-21-11-22(30-2)26-20(25-21)12-27-16-6-4-3-5-14(16)24(23(27)28)13-33-17-10-19-18(9-15(17)24)31-7-8-32-19/h3-6,9-11H,7-8,12-13H2,1-2H3. The fourth-order valence-electron chi connectivity index (χ4n) is 4.74. The van der Waals surface area contributed by atoms with Crippen molar-refractivity contribution < 1.29 is 28.5 Å². The number of anilines is 1. The van der Waals surface area contributed by atoms with Gasteiger partial charge in [-0.3, -0.25) is 4.79 Å². The van der Waals surface area contributed by atoms with Crippen LogP contribution in [0.3, 0.4) is 0 Å². The Labute approximate surface area is 189 Å². The molecular weight excluding hydrogens is 426 g/mol. The van der Waals surface area contributed by atoms with Crippen molar-refractivity contribution in [3.05, 3.63) is 59.4 Å². The molecule has 3 aliphatic heterocycles. The zero-order valence-corrected chi connectivity index (χ0v) is 18.2. The molecule has 0 fully saturated rings. The largest absolute Gasteiger partial charge is 0.491 e. The molecule has 0 aliphatic carbocycles. The van der Waals surface area contributed by atoms with Gasteiger partial charge in [0.1, 0.15) is 31.0 Å². The number of hydrogen-bond acceptors (Lipinski definition) is 8. The van der Waals surface area contributed by atoms with Crippen LogP contribution in [0.4, 0.5) is 5.69 Å². The molecule has 0 N–H and O–H groups in total. The minimum atomic E-state index is -0.981. The second-order valence-electron chi connectivity index (χ2n) is 7.96. The molecule has 168 valence electrons. The molecule has 33 heavy (non-hydrogen) atoms. The molecule has 0 saturated heterocycles. The number of amides is 1. The van der Waals surface area contributed by atoms with Gasteiger partial charge < -0.3 is 28.6 Å². The van der Waals surface area contributed by atoms with Gasteiger partial charge >= 0.3 is 0 Å². The third-order valence-corrected chi connectivity index (χ3v) is 6.26. The van der Waals surface area contributed by atoms with E-state index >= 15 is 0 Å². The lowest BCUT2D eigenvalue weighted by atomic mass is 9.77. The minimum absolute atomic E-state index is 0.107. The summed E-state index contributed by atoms with van der Waals surface area (Å²) in [6, 6.07) is 13.0. The van der Waals surface area contributed by atoms with E-state index < -0.39 is 5.41 Å². The number of carbonyl (C=O) groups is 1. The number of carbonyl (C=O) groups excluding carboxylic acids is 1. The summed E-state index contributed by atoms with van der Waals surface area (Å²) in [6.07, 6.45) is 0. The molecule has 3 aromatic rings. The van der Waals surface area contributed by atoms with Crippen LogP contribution in [0.15, 0.2) is 42.5 Å². The number of hydrogen-bond donors (Lipinski definition) is 0. The number of nitrogens with zero attached hydrogens (tertiary/aromatic N) is 3. The molecule has 0 saturated carbocycles. The Morgan fingerprint density at radius 1 is 0.909 bits per heavy atom. The van der Waals surface area contributed by atoms with E-state index in [0.717, 1.165) is 16.8 Å². The first-order chi connectivity index (χ1) is 16.1. The first-order valence-corrected chi connectivity index (χ1v) is 10.6. The average molecular weight is 447 g/mol. The number of aromatic nitrogens is 2. The third-order valence-electron chi connectivity index (χ3n) is 6.26. The van der Waals surface area contributed by atoms with Crippen molar-refractivity contribution in [3.8, 4) is 29.0 Å². The molecule has 0 radical (unpaired) electrons. The van der Waals surface area contributed by atoms with Gasteiger partial charge in [0, 0.05) is 17.3 Å². The van der Waals surface area contributed by atoms with E-state index in [4.69, 9.17) is 23.7 Å². The molecule has 9 nitrogen and oxygen atoms in total. The van der Waals surface area contributed by atoms with Gasteiger partial charge in [0.2, 0.25) is 17.7 Å². The van der Waals surface area contributed by atoms with Gasteiger partial charge in [0.25, 0.3) is 0 Å². The Hall–Kier alpha value is -4.01. The highest BCUT2D eigenvalue weighted by molar-refractivity contribution is 6.11. The van der Waals surface area contributed by atoms with E-state index in [0.29, 0.717) is 48.0 Å². The van der Waals surface area contributed by atoms with E-state index in [1.165, 1.54) is 14.2 Å². The van der Waals surface area contributed by atoms with Gasteiger partial charge in [-0.1, -0.05) is 18.2 Å². The molecule has 9 heteroatoms. The van der Waals surface area contributed by atoms with Crippen molar-refractivity contribution in [1.29, 1.82) is 0 Å². The number of fused-ring (bicyclic) bond motifs is 5. The molecule has 1 aromatic heterocycles. The van der Waals surface area contributed by atoms with Crippen LogP contribution in [0.5, 0.6) is 29.0 Å². The lowest BCUT2D eigenvalue weighted by Crippen LogP contribution is -2.42. The second kappa shape index (κ2) is 7.26. The lowest BCUT2D eigenvalue weighted by molar-refractivity contribution is -0.122. The predicted octanol–water partition coefficient (Wildman–Crippen LogP) is 2.49. The normalized spacial score (nSPS) is 19.8. The van der Waals surface area contributed by atoms with Crippen molar-refractivity contribution in [3.63, 3.8) is 0 Å². The first-order valence-electron chi connectivity index (χ1n) is 10.6.